The molecule has 6 N–H and O–H groups in total. The largest absolute Gasteiger partial charge is 0.395 e. The first-order chi connectivity index (χ1) is 9.54. The van der Waals surface area contributed by atoms with Crippen molar-refractivity contribution in [2.45, 2.75) is 6.54 Å². The van der Waals surface area contributed by atoms with Crippen LogP contribution in [0.2, 0.25) is 0 Å². The van der Waals surface area contributed by atoms with Crippen LogP contribution in [-0.2, 0) is 6.54 Å². The number of rotatable bonds is 6. The molecule has 0 unspecified atom stereocenters. The number of H-pyrrole nitrogens is 1. The number of aromatic amines is 1. The molecule has 11 nitrogen and oxygen atoms in total. The molecule has 0 aliphatic heterocycles. The van der Waals surface area contributed by atoms with Crippen molar-refractivity contribution >= 4 is 17.2 Å². The third-order valence-electron chi connectivity index (χ3n) is 2.48. The molecule has 11 heteroatoms. The number of aliphatic hydroxyl groups excluding tert-OH is 1. The number of nitrogens with two attached hydrogens (primary N) is 1. The Balaban J connectivity index is 2.37. The number of hydrazine groups is 1. The standard InChI is InChI=1S/C9H13N7O4/c10-8-7(16(19)20)9-13-5(4-12-11-1-2-17)3-6(18)15(9)14-8/h3,11-12,14,17H,1-2,4,10H2. The normalized spacial score (nSPS) is 11.1. The number of aromatic nitrogens is 3. The topological polar surface area (TPSA) is 164 Å². The highest BCUT2D eigenvalue weighted by atomic mass is 16.6. The van der Waals surface area contributed by atoms with Crippen LogP contribution >= 0.6 is 0 Å². The Morgan fingerprint density at radius 1 is 1.55 bits per heavy atom. The maximum Gasteiger partial charge on any atom is 0.354 e. The summed E-state index contributed by atoms with van der Waals surface area (Å²) in [5.41, 5.74) is 10.1. The Morgan fingerprint density at radius 2 is 2.30 bits per heavy atom. The first-order valence-corrected chi connectivity index (χ1v) is 5.65. The molecule has 0 radical (unpaired) electrons. The van der Waals surface area contributed by atoms with Crippen LogP contribution in [0.5, 0.6) is 0 Å². The molecule has 2 aromatic rings. The molecule has 0 atom stereocenters. The van der Waals surface area contributed by atoms with Gasteiger partial charge in [0.15, 0.2) is 5.82 Å². The Morgan fingerprint density at radius 3 is 2.95 bits per heavy atom. The molecule has 0 aliphatic carbocycles. The van der Waals surface area contributed by atoms with Gasteiger partial charge in [0, 0.05) is 12.6 Å². The van der Waals surface area contributed by atoms with Gasteiger partial charge in [-0.15, -0.1) is 0 Å². The number of aliphatic hydroxyl groups is 1. The van der Waals surface area contributed by atoms with Crippen LogP contribution in [0, 0.1) is 10.1 Å². The minimum Gasteiger partial charge on any atom is -0.395 e. The van der Waals surface area contributed by atoms with Gasteiger partial charge in [-0.1, -0.05) is 0 Å². The number of nitrogen functional groups attached to an aromatic ring is 1. The summed E-state index contributed by atoms with van der Waals surface area (Å²) in [6, 6.07) is 1.22. The number of hydrogen-bond acceptors (Lipinski definition) is 8. The first-order valence-electron chi connectivity index (χ1n) is 5.65. The lowest BCUT2D eigenvalue weighted by Gasteiger charge is -2.04. The molecule has 0 aliphatic rings. The van der Waals surface area contributed by atoms with E-state index in [1.54, 1.807) is 0 Å². The molecule has 0 spiro atoms. The number of hydrogen-bond donors (Lipinski definition) is 5. The maximum atomic E-state index is 11.8. The minimum absolute atomic E-state index is 0.0536. The SMILES string of the molecule is Nc1[nH]n2c(=O)cc(CNNCCO)nc2c1[N+](=O)[O-]. The summed E-state index contributed by atoms with van der Waals surface area (Å²) in [7, 11) is 0. The molecule has 2 heterocycles. The summed E-state index contributed by atoms with van der Waals surface area (Å²) in [6.45, 7) is 0.425. The van der Waals surface area contributed by atoms with Gasteiger partial charge in [-0.25, -0.2) is 4.98 Å². The van der Waals surface area contributed by atoms with Crippen molar-refractivity contribution in [1.29, 1.82) is 0 Å². The summed E-state index contributed by atoms with van der Waals surface area (Å²) in [5.74, 6) is -0.233. The monoisotopic (exact) mass is 283 g/mol. The Labute approximate surface area is 111 Å². The fourth-order valence-electron chi connectivity index (χ4n) is 1.66. The van der Waals surface area contributed by atoms with Gasteiger partial charge in [0.2, 0.25) is 5.65 Å². The predicted octanol–water partition coefficient (Wildman–Crippen LogP) is -1.90. The van der Waals surface area contributed by atoms with Crippen LogP contribution in [0.25, 0.3) is 5.65 Å². The van der Waals surface area contributed by atoms with Gasteiger partial charge in [-0.3, -0.25) is 30.9 Å². The first kappa shape index (κ1) is 13.9. The number of nitrogens with one attached hydrogen (secondary N) is 3. The molecule has 20 heavy (non-hydrogen) atoms. The van der Waals surface area contributed by atoms with Crippen molar-refractivity contribution in [2.75, 3.05) is 18.9 Å². The number of anilines is 1. The van der Waals surface area contributed by atoms with Gasteiger partial charge in [0.05, 0.1) is 23.8 Å². The van der Waals surface area contributed by atoms with E-state index in [2.05, 4.69) is 20.9 Å². The zero-order valence-electron chi connectivity index (χ0n) is 10.3. The highest BCUT2D eigenvalue weighted by Gasteiger charge is 2.23. The molecule has 2 rings (SSSR count). The van der Waals surface area contributed by atoms with Crippen LogP contribution in [0.1, 0.15) is 5.69 Å². The van der Waals surface area contributed by atoms with Crippen molar-refractivity contribution in [3.8, 4) is 0 Å². The lowest BCUT2D eigenvalue weighted by molar-refractivity contribution is -0.382. The van der Waals surface area contributed by atoms with E-state index in [1.165, 1.54) is 6.07 Å². The van der Waals surface area contributed by atoms with Gasteiger partial charge in [-0.05, 0) is 0 Å². The lowest BCUT2D eigenvalue weighted by Crippen LogP contribution is -2.34. The highest BCUT2D eigenvalue weighted by Crippen LogP contribution is 2.23. The van der Waals surface area contributed by atoms with Crippen molar-refractivity contribution in [3.05, 3.63) is 32.2 Å². The number of nitro groups is 1. The van der Waals surface area contributed by atoms with Crippen LogP contribution in [-0.4, -0.2) is 37.8 Å². The summed E-state index contributed by atoms with van der Waals surface area (Å²) in [6.07, 6.45) is 0. The smallest absolute Gasteiger partial charge is 0.354 e. The molecule has 0 saturated heterocycles. The summed E-state index contributed by atoms with van der Waals surface area (Å²) < 4.78 is 0.915. The quantitative estimate of drug-likeness (QED) is 0.233. The highest BCUT2D eigenvalue weighted by molar-refractivity contribution is 5.71. The van der Waals surface area contributed by atoms with E-state index in [0.717, 1.165) is 4.52 Å². The summed E-state index contributed by atoms with van der Waals surface area (Å²) in [5, 5.41) is 21.9. The van der Waals surface area contributed by atoms with Gasteiger partial charge in [0.1, 0.15) is 0 Å². The van der Waals surface area contributed by atoms with E-state index in [4.69, 9.17) is 10.8 Å². The second-order valence-electron chi connectivity index (χ2n) is 3.88. The van der Waals surface area contributed by atoms with E-state index in [1.807, 2.05) is 0 Å². The Kier molecular flexibility index (Phi) is 3.93. The molecule has 0 fully saturated rings. The molecule has 108 valence electrons. The lowest BCUT2D eigenvalue weighted by atomic mass is 10.4. The molecule has 0 aromatic carbocycles. The van der Waals surface area contributed by atoms with Crippen LogP contribution in [0.3, 0.4) is 0 Å². The molecular weight excluding hydrogens is 270 g/mol. The number of fused-ring (bicyclic) bond motifs is 1. The van der Waals surface area contributed by atoms with E-state index >= 15 is 0 Å². The van der Waals surface area contributed by atoms with Gasteiger partial charge in [-0.2, -0.15) is 4.52 Å². The maximum absolute atomic E-state index is 11.8. The van der Waals surface area contributed by atoms with Gasteiger partial charge < -0.3 is 10.8 Å². The Bertz CT molecular complexity index is 691. The van der Waals surface area contributed by atoms with Crippen molar-refractivity contribution in [1.82, 2.24) is 25.4 Å². The summed E-state index contributed by atoms with van der Waals surface area (Å²) >= 11 is 0. The third kappa shape index (κ3) is 2.59. The molecule has 0 amide bonds. The van der Waals surface area contributed by atoms with E-state index in [-0.39, 0.29) is 24.6 Å². The zero-order valence-corrected chi connectivity index (χ0v) is 10.3. The minimum atomic E-state index is -0.700. The second kappa shape index (κ2) is 5.64. The van der Waals surface area contributed by atoms with Gasteiger partial charge in [0.25, 0.3) is 5.56 Å². The third-order valence-corrected chi connectivity index (χ3v) is 2.48. The number of nitrogens with zero attached hydrogens (tertiary/aromatic N) is 3. The fourth-order valence-corrected chi connectivity index (χ4v) is 1.66. The fraction of sp³-hybridized carbons (Fsp3) is 0.333. The van der Waals surface area contributed by atoms with Crippen LogP contribution < -0.4 is 22.1 Å². The molecule has 2 aromatic heterocycles. The molecule has 0 saturated carbocycles. The summed E-state index contributed by atoms with van der Waals surface area (Å²) in [4.78, 5) is 26.0. The van der Waals surface area contributed by atoms with E-state index in [9.17, 15) is 14.9 Å². The Hall–Kier alpha value is -2.50. The van der Waals surface area contributed by atoms with Crippen molar-refractivity contribution < 1.29 is 10.0 Å². The van der Waals surface area contributed by atoms with E-state index in [0.29, 0.717) is 12.2 Å². The second-order valence-corrected chi connectivity index (χ2v) is 3.88. The van der Waals surface area contributed by atoms with E-state index < -0.39 is 16.2 Å². The van der Waals surface area contributed by atoms with Crippen molar-refractivity contribution in [3.63, 3.8) is 0 Å². The van der Waals surface area contributed by atoms with Crippen LogP contribution in [0.4, 0.5) is 11.5 Å². The van der Waals surface area contributed by atoms with Crippen LogP contribution in [0.15, 0.2) is 10.9 Å². The van der Waals surface area contributed by atoms with Gasteiger partial charge >= 0.3 is 5.69 Å². The average Bonchev–Trinajstić information content (AvgIpc) is 2.72. The molecular formula is C9H13N7O4. The van der Waals surface area contributed by atoms with Crippen molar-refractivity contribution in [2.24, 2.45) is 0 Å². The zero-order chi connectivity index (χ0) is 14.7. The molecule has 0 bridgehead atoms. The predicted molar refractivity (Wildman–Crippen MR) is 68.8 cm³/mol. The average molecular weight is 283 g/mol.